The first-order valence-electron chi connectivity index (χ1n) is 5.73. The number of carbonyl (C=O) groups excluding carboxylic acids is 3. The van der Waals surface area contributed by atoms with Crippen LogP contribution in [0.4, 0.5) is 4.79 Å². The highest BCUT2D eigenvalue weighted by atomic mass is 35.5. The average molecular weight is 281 g/mol. The van der Waals surface area contributed by atoms with Crippen LogP contribution in [-0.2, 0) is 4.79 Å². The van der Waals surface area contributed by atoms with Crippen molar-refractivity contribution in [2.45, 2.75) is 5.50 Å². The van der Waals surface area contributed by atoms with E-state index in [1.807, 2.05) is 0 Å². The average Bonchev–Trinajstić information content (AvgIpc) is 2.44. The minimum atomic E-state index is -1.07. The summed E-state index contributed by atoms with van der Waals surface area (Å²) < 4.78 is 0. The van der Waals surface area contributed by atoms with Gasteiger partial charge >= 0.3 is 6.03 Å². The smallest absolute Gasteiger partial charge is 0.310 e. The van der Waals surface area contributed by atoms with Crippen LogP contribution in [0.2, 0.25) is 0 Å². The first kappa shape index (κ1) is 13.5. The third-order valence-corrected chi connectivity index (χ3v) is 3.72. The molecule has 2 rings (SSSR count). The largest absolute Gasteiger partial charge is 0.327 e. The SMILES string of the molecule is CN1C(=O)C(C(=O)c2ccccc2)C(Cl)N(C)C1=O. The van der Waals surface area contributed by atoms with Gasteiger partial charge in [0.2, 0.25) is 5.91 Å². The molecule has 0 saturated carbocycles. The minimum Gasteiger partial charge on any atom is -0.310 e. The predicted octanol–water partition coefficient (Wildman–Crippen LogP) is 1.57. The summed E-state index contributed by atoms with van der Waals surface area (Å²) in [5.41, 5.74) is -0.563. The topological polar surface area (TPSA) is 57.7 Å². The summed E-state index contributed by atoms with van der Waals surface area (Å²) in [5.74, 6) is -2.02. The summed E-state index contributed by atoms with van der Waals surface area (Å²) in [6.45, 7) is 0. The van der Waals surface area contributed by atoms with E-state index in [9.17, 15) is 14.4 Å². The fourth-order valence-electron chi connectivity index (χ4n) is 2.01. The second kappa shape index (κ2) is 5.01. The molecule has 1 saturated heterocycles. The monoisotopic (exact) mass is 280 g/mol. The van der Waals surface area contributed by atoms with Crippen molar-refractivity contribution in [3.05, 3.63) is 35.9 Å². The summed E-state index contributed by atoms with van der Waals surface area (Å²) in [6, 6.07) is 7.93. The van der Waals surface area contributed by atoms with Crippen molar-refractivity contribution >= 4 is 29.3 Å². The molecule has 6 heteroatoms. The Morgan fingerprint density at radius 3 is 2.32 bits per heavy atom. The van der Waals surface area contributed by atoms with Gasteiger partial charge < -0.3 is 4.90 Å². The van der Waals surface area contributed by atoms with Crippen molar-refractivity contribution < 1.29 is 14.4 Å². The lowest BCUT2D eigenvalue weighted by molar-refractivity contribution is -0.133. The van der Waals surface area contributed by atoms with Crippen LogP contribution in [0.1, 0.15) is 10.4 Å². The zero-order valence-electron chi connectivity index (χ0n) is 10.5. The first-order valence-corrected chi connectivity index (χ1v) is 6.16. The number of ketones is 1. The van der Waals surface area contributed by atoms with Gasteiger partial charge in [0.15, 0.2) is 5.78 Å². The number of halogens is 1. The lowest BCUT2D eigenvalue weighted by Crippen LogP contribution is -2.59. The molecule has 5 nitrogen and oxygen atoms in total. The van der Waals surface area contributed by atoms with Gasteiger partial charge in [0.1, 0.15) is 11.4 Å². The zero-order valence-corrected chi connectivity index (χ0v) is 11.3. The van der Waals surface area contributed by atoms with Crippen molar-refractivity contribution in [3.63, 3.8) is 0 Å². The van der Waals surface area contributed by atoms with E-state index in [2.05, 4.69) is 0 Å². The maximum atomic E-state index is 12.3. The molecule has 0 aromatic heterocycles. The maximum absolute atomic E-state index is 12.3. The van der Waals surface area contributed by atoms with Crippen LogP contribution < -0.4 is 0 Å². The van der Waals surface area contributed by atoms with E-state index < -0.39 is 23.4 Å². The molecule has 0 aliphatic carbocycles. The molecule has 1 aromatic rings. The molecule has 2 unspecified atom stereocenters. The number of imide groups is 1. The third-order valence-electron chi connectivity index (χ3n) is 3.17. The number of alkyl halides is 1. The molecule has 1 fully saturated rings. The summed E-state index contributed by atoms with van der Waals surface area (Å²) in [4.78, 5) is 38.2. The van der Waals surface area contributed by atoms with Gasteiger partial charge in [-0.1, -0.05) is 41.9 Å². The number of nitrogens with zero attached hydrogens (tertiary/aromatic N) is 2. The van der Waals surface area contributed by atoms with E-state index in [0.717, 1.165) is 4.90 Å². The van der Waals surface area contributed by atoms with Gasteiger partial charge in [-0.3, -0.25) is 14.5 Å². The number of rotatable bonds is 2. The third kappa shape index (κ3) is 2.21. The van der Waals surface area contributed by atoms with Crippen LogP contribution in [0.5, 0.6) is 0 Å². The fourth-order valence-corrected chi connectivity index (χ4v) is 2.31. The number of urea groups is 1. The molecule has 0 spiro atoms. The lowest BCUT2D eigenvalue weighted by atomic mass is 9.94. The number of amides is 3. The molecular formula is C13H13ClN2O3. The molecule has 0 bridgehead atoms. The first-order chi connectivity index (χ1) is 8.95. The van der Waals surface area contributed by atoms with Crippen LogP contribution >= 0.6 is 11.6 Å². The standard InChI is InChI=1S/C13H13ClN2O3/c1-15-11(14)9(12(18)16(2)13(15)19)10(17)8-6-4-3-5-7-8/h3-7,9,11H,1-2H3. The van der Waals surface area contributed by atoms with Gasteiger partial charge in [-0.15, -0.1) is 0 Å². The van der Waals surface area contributed by atoms with Gasteiger partial charge in [0.05, 0.1) is 0 Å². The van der Waals surface area contributed by atoms with Crippen molar-refractivity contribution in [2.75, 3.05) is 14.1 Å². The van der Waals surface area contributed by atoms with E-state index in [4.69, 9.17) is 11.6 Å². The minimum absolute atomic E-state index is 0.378. The summed E-state index contributed by atoms with van der Waals surface area (Å²) >= 11 is 6.07. The Kier molecular flexibility index (Phi) is 3.57. The van der Waals surface area contributed by atoms with Gasteiger partial charge in [-0.25, -0.2) is 4.79 Å². The van der Waals surface area contributed by atoms with Crippen molar-refractivity contribution in [1.29, 1.82) is 0 Å². The van der Waals surface area contributed by atoms with Gasteiger partial charge in [0, 0.05) is 19.7 Å². The Bertz CT molecular complexity index is 532. The van der Waals surface area contributed by atoms with Crippen LogP contribution in [0.3, 0.4) is 0 Å². The highest BCUT2D eigenvalue weighted by Crippen LogP contribution is 2.26. The Hall–Kier alpha value is -1.88. The van der Waals surface area contributed by atoms with E-state index >= 15 is 0 Å². The summed E-state index contributed by atoms with van der Waals surface area (Å²) in [6.07, 6.45) is 0. The highest BCUT2D eigenvalue weighted by Gasteiger charge is 2.46. The molecule has 1 aliphatic heterocycles. The van der Waals surface area contributed by atoms with Crippen LogP contribution in [0.15, 0.2) is 30.3 Å². The van der Waals surface area contributed by atoms with E-state index in [1.165, 1.54) is 19.0 Å². The lowest BCUT2D eigenvalue weighted by Gasteiger charge is -2.37. The zero-order chi connectivity index (χ0) is 14.2. The van der Waals surface area contributed by atoms with Crippen molar-refractivity contribution in [3.8, 4) is 0 Å². The molecule has 3 amide bonds. The van der Waals surface area contributed by atoms with Crippen molar-refractivity contribution in [2.24, 2.45) is 5.92 Å². The molecular weight excluding hydrogens is 268 g/mol. The highest BCUT2D eigenvalue weighted by molar-refractivity contribution is 6.29. The molecule has 0 N–H and O–H groups in total. The number of hydrogen-bond donors (Lipinski definition) is 0. The number of hydrogen-bond acceptors (Lipinski definition) is 3. The Morgan fingerprint density at radius 1 is 1.16 bits per heavy atom. The van der Waals surface area contributed by atoms with Crippen LogP contribution in [0.25, 0.3) is 0 Å². The summed E-state index contributed by atoms with van der Waals surface area (Å²) in [5, 5.41) is 0. The van der Waals surface area contributed by atoms with Gasteiger partial charge in [-0.2, -0.15) is 0 Å². The van der Waals surface area contributed by atoms with Crippen LogP contribution in [0, 0.1) is 5.92 Å². The van der Waals surface area contributed by atoms with Gasteiger partial charge in [-0.05, 0) is 0 Å². The molecule has 0 radical (unpaired) electrons. The predicted molar refractivity (Wildman–Crippen MR) is 69.8 cm³/mol. The van der Waals surface area contributed by atoms with Crippen LogP contribution in [-0.4, -0.2) is 47.1 Å². The van der Waals surface area contributed by atoms with E-state index in [0.29, 0.717) is 5.56 Å². The Balaban J connectivity index is 2.35. The number of benzene rings is 1. The molecule has 2 atom stereocenters. The van der Waals surface area contributed by atoms with Crippen molar-refractivity contribution in [1.82, 2.24) is 9.80 Å². The van der Waals surface area contributed by atoms with Gasteiger partial charge in [0.25, 0.3) is 0 Å². The number of Topliss-reactive ketones (excluding diaryl/α,β-unsaturated/α-hetero) is 1. The quantitative estimate of drug-likeness (QED) is 0.358. The van der Waals surface area contributed by atoms with E-state index in [-0.39, 0.29) is 5.78 Å². The second-order valence-electron chi connectivity index (χ2n) is 4.37. The number of carbonyl (C=O) groups is 3. The Labute approximate surface area is 115 Å². The normalized spacial score (nSPS) is 23.7. The fraction of sp³-hybridized carbons (Fsp3) is 0.308. The maximum Gasteiger partial charge on any atom is 0.327 e. The molecule has 100 valence electrons. The second-order valence-corrected chi connectivity index (χ2v) is 4.82. The molecule has 19 heavy (non-hydrogen) atoms. The molecule has 1 aromatic carbocycles. The molecule has 1 aliphatic rings. The molecule has 1 heterocycles. The summed E-state index contributed by atoms with van der Waals surface area (Å²) in [7, 11) is 2.81. The van der Waals surface area contributed by atoms with E-state index in [1.54, 1.807) is 30.3 Å². The Morgan fingerprint density at radius 2 is 1.74 bits per heavy atom.